The van der Waals surface area contributed by atoms with Gasteiger partial charge in [0.1, 0.15) is 0 Å². The van der Waals surface area contributed by atoms with Crippen LogP contribution >= 0.6 is 11.8 Å². The number of nitrogens with zero attached hydrogens (tertiary/aromatic N) is 5. The maximum Gasteiger partial charge on any atom is 0.160 e. The number of benzene rings is 6. The quantitative estimate of drug-likeness (QED) is 0.167. The lowest BCUT2D eigenvalue weighted by molar-refractivity contribution is 0.723. The fourth-order valence-electron chi connectivity index (χ4n) is 9.36. The molecule has 1 aliphatic heterocycles. The van der Waals surface area contributed by atoms with Crippen molar-refractivity contribution < 1.29 is 0 Å². The Hall–Kier alpha value is -7.80. The van der Waals surface area contributed by atoms with Gasteiger partial charge in [-0.05, 0) is 99.1 Å². The van der Waals surface area contributed by atoms with Crippen LogP contribution in [-0.4, -0.2) is 24.9 Å². The lowest BCUT2D eigenvalue weighted by Crippen LogP contribution is -2.32. The third kappa shape index (κ3) is 5.91. The fourth-order valence-corrected chi connectivity index (χ4v) is 10.6. The van der Waals surface area contributed by atoms with Crippen molar-refractivity contribution in [1.29, 1.82) is 0 Å². The molecule has 12 rings (SSSR count). The van der Waals surface area contributed by atoms with E-state index in [0.29, 0.717) is 5.82 Å². The van der Waals surface area contributed by atoms with Gasteiger partial charge in [-0.15, -0.1) is 0 Å². The molecule has 0 bridgehead atoms. The van der Waals surface area contributed by atoms with Gasteiger partial charge < -0.3 is 0 Å². The van der Waals surface area contributed by atoms with Crippen LogP contribution in [0.4, 0.5) is 0 Å². The summed E-state index contributed by atoms with van der Waals surface area (Å²) in [6.45, 7) is 0. The summed E-state index contributed by atoms with van der Waals surface area (Å²) in [7, 11) is 0. The van der Waals surface area contributed by atoms with Crippen LogP contribution in [0.15, 0.2) is 223 Å². The van der Waals surface area contributed by atoms with E-state index in [1.54, 1.807) is 0 Å². The van der Waals surface area contributed by atoms with Gasteiger partial charge in [0.25, 0.3) is 0 Å². The minimum Gasteiger partial charge on any atom is -0.265 e. The molecule has 0 unspecified atom stereocenters. The number of pyridine rings is 3. The normalized spacial score (nSPS) is 12.9. The molecule has 5 nitrogen and oxygen atoms in total. The van der Waals surface area contributed by atoms with E-state index in [1.165, 1.54) is 43.2 Å². The molecule has 10 aromatic rings. The smallest absolute Gasteiger partial charge is 0.160 e. The van der Waals surface area contributed by atoms with Crippen molar-refractivity contribution in [2.75, 3.05) is 0 Å². The first kappa shape index (κ1) is 36.1. The lowest BCUT2D eigenvalue weighted by atomic mass is 9.67. The topological polar surface area (TPSA) is 64.5 Å². The molecule has 1 spiro atoms. The summed E-state index contributed by atoms with van der Waals surface area (Å²) in [6, 6.07) is 67.1. The second kappa shape index (κ2) is 14.7. The minimum absolute atomic E-state index is 0.529. The van der Waals surface area contributed by atoms with E-state index in [0.717, 1.165) is 61.7 Å². The summed E-state index contributed by atoms with van der Waals surface area (Å²) in [4.78, 5) is 26.4. The second-order valence-corrected chi connectivity index (χ2v) is 16.7. The molecule has 0 amide bonds. The van der Waals surface area contributed by atoms with Gasteiger partial charge in [-0.2, -0.15) is 0 Å². The maximum atomic E-state index is 5.24. The van der Waals surface area contributed by atoms with E-state index in [1.807, 2.05) is 85.1 Å². The average molecular weight is 810 g/mol. The zero-order chi connectivity index (χ0) is 41.0. The largest absolute Gasteiger partial charge is 0.265 e. The van der Waals surface area contributed by atoms with E-state index in [2.05, 4.69) is 149 Å². The molecule has 2 aliphatic rings. The molecule has 0 fully saturated rings. The van der Waals surface area contributed by atoms with E-state index >= 15 is 0 Å². The van der Waals surface area contributed by atoms with Gasteiger partial charge in [-0.3, -0.25) is 9.97 Å². The summed E-state index contributed by atoms with van der Waals surface area (Å²) in [5, 5.41) is 0. The molecular formula is C56H35N5S. The van der Waals surface area contributed by atoms with E-state index in [-0.39, 0.29) is 0 Å². The number of rotatable bonds is 6. The van der Waals surface area contributed by atoms with Crippen LogP contribution in [0.2, 0.25) is 0 Å². The molecule has 0 atom stereocenters. The number of aromatic nitrogens is 5. The Bertz CT molecular complexity index is 2980. The van der Waals surface area contributed by atoms with Crippen LogP contribution < -0.4 is 0 Å². The Labute approximate surface area is 364 Å². The van der Waals surface area contributed by atoms with Gasteiger partial charge in [-0.25, -0.2) is 15.0 Å². The molecular weight excluding hydrogens is 775 g/mol. The number of fused-ring (bicyclic) bond motifs is 9. The molecule has 6 heteroatoms. The first-order valence-corrected chi connectivity index (χ1v) is 21.5. The highest BCUT2D eigenvalue weighted by Gasteiger charge is 2.50. The maximum absolute atomic E-state index is 5.24. The summed E-state index contributed by atoms with van der Waals surface area (Å²) < 4.78 is 0. The molecule has 5 heterocycles. The monoisotopic (exact) mass is 809 g/mol. The van der Waals surface area contributed by atoms with E-state index in [4.69, 9.17) is 15.0 Å². The molecule has 290 valence electrons. The number of hydrogen-bond donors (Lipinski definition) is 0. The van der Waals surface area contributed by atoms with Crippen molar-refractivity contribution in [3.05, 3.63) is 235 Å². The highest BCUT2D eigenvalue weighted by Crippen LogP contribution is 2.62. The summed E-state index contributed by atoms with van der Waals surface area (Å²) in [5.74, 6) is 0.701. The first-order chi connectivity index (χ1) is 30.7. The van der Waals surface area contributed by atoms with Crippen molar-refractivity contribution in [2.24, 2.45) is 0 Å². The number of hydrogen-bond acceptors (Lipinski definition) is 6. The molecule has 1 aliphatic carbocycles. The average Bonchev–Trinajstić information content (AvgIpc) is 3.65. The van der Waals surface area contributed by atoms with Crippen LogP contribution in [0.3, 0.4) is 0 Å². The van der Waals surface area contributed by atoms with Crippen LogP contribution in [0.1, 0.15) is 22.3 Å². The minimum atomic E-state index is -0.529. The molecule has 0 saturated carbocycles. The highest BCUT2D eigenvalue weighted by atomic mass is 32.2. The van der Waals surface area contributed by atoms with Crippen LogP contribution in [0.5, 0.6) is 0 Å². The van der Waals surface area contributed by atoms with Crippen molar-refractivity contribution in [3.8, 4) is 78.7 Å². The van der Waals surface area contributed by atoms with Gasteiger partial charge in [0.05, 0.1) is 28.2 Å². The third-order valence-electron chi connectivity index (χ3n) is 12.2. The van der Waals surface area contributed by atoms with Gasteiger partial charge in [-0.1, -0.05) is 145 Å². The van der Waals surface area contributed by atoms with Crippen molar-refractivity contribution in [3.63, 3.8) is 0 Å². The predicted molar refractivity (Wildman–Crippen MR) is 249 cm³/mol. The standard InChI is InChI=1S/C56H35N5S/c1-3-11-36(12-4-1)51-35-52(61-55(60-51)39-13-5-2-6-14-39)41-20-22-48-54(34-41)62-53-33-40(19-21-47(53)56(48)45-17-9-7-15-43(45)44-16-8-10-18-46(44)56)42-31-49(37-23-27-57-28-24-37)59-50(32-42)38-25-29-58-30-26-38/h1-35H. The lowest BCUT2D eigenvalue weighted by Gasteiger charge is -2.40. The Balaban J connectivity index is 1.07. The van der Waals surface area contributed by atoms with Gasteiger partial charge in [0.2, 0.25) is 0 Å². The van der Waals surface area contributed by atoms with Crippen molar-refractivity contribution >= 4 is 11.8 Å². The molecule has 62 heavy (non-hydrogen) atoms. The Morgan fingerprint density at radius 1 is 0.306 bits per heavy atom. The van der Waals surface area contributed by atoms with Gasteiger partial charge >= 0.3 is 0 Å². The van der Waals surface area contributed by atoms with E-state index < -0.39 is 5.41 Å². The summed E-state index contributed by atoms with van der Waals surface area (Å²) in [5.41, 5.74) is 18.0. The van der Waals surface area contributed by atoms with Gasteiger partial charge in [0.15, 0.2) is 5.82 Å². The first-order valence-electron chi connectivity index (χ1n) is 20.7. The van der Waals surface area contributed by atoms with Crippen LogP contribution in [0.25, 0.3) is 78.7 Å². The van der Waals surface area contributed by atoms with Crippen molar-refractivity contribution in [2.45, 2.75) is 15.2 Å². The zero-order valence-electron chi connectivity index (χ0n) is 33.4. The SMILES string of the molecule is c1ccc(-c2cc(-c3ccc4c(c3)Sc3cc(-c5cc(-c6ccncc6)nc(-c6ccncc6)c5)ccc3C43c4ccccc4-c4ccccc43)nc(-c3ccccc3)n2)cc1. The predicted octanol–water partition coefficient (Wildman–Crippen LogP) is 13.5. The third-order valence-corrected chi connectivity index (χ3v) is 13.3. The summed E-state index contributed by atoms with van der Waals surface area (Å²) >= 11 is 1.84. The van der Waals surface area contributed by atoms with Crippen LogP contribution in [0, 0.1) is 0 Å². The zero-order valence-corrected chi connectivity index (χ0v) is 34.2. The molecule has 4 aromatic heterocycles. The van der Waals surface area contributed by atoms with Crippen LogP contribution in [-0.2, 0) is 5.41 Å². The van der Waals surface area contributed by atoms with Crippen molar-refractivity contribution in [1.82, 2.24) is 24.9 Å². The molecule has 6 aromatic carbocycles. The molecule has 0 N–H and O–H groups in total. The Morgan fingerprint density at radius 2 is 0.758 bits per heavy atom. The van der Waals surface area contributed by atoms with E-state index in [9.17, 15) is 0 Å². The Kier molecular flexibility index (Phi) is 8.57. The second-order valence-electron chi connectivity index (χ2n) is 15.7. The highest BCUT2D eigenvalue weighted by molar-refractivity contribution is 7.99. The summed E-state index contributed by atoms with van der Waals surface area (Å²) in [6.07, 6.45) is 7.28. The Morgan fingerprint density at radius 3 is 1.34 bits per heavy atom. The molecule has 0 saturated heterocycles. The van der Waals surface area contributed by atoms with Gasteiger partial charge in [0, 0.05) is 62.4 Å². The molecule has 0 radical (unpaired) electrons. The fraction of sp³-hybridized carbons (Fsp3) is 0.0179.